The van der Waals surface area contributed by atoms with E-state index in [0.717, 1.165) is 5.92 Å². The van der Waals surface area contributed by atoms with Crippen LogP contribution in [0.15, 0.2) is 0 Å². The van der Waals surface area contributed by atoms with Gasteiger partial charge in [-0.05, 0) is 57.1 Å². The molecule has 0 amide bonds. The quantitative estimate of drug-likeness (QED) is 0.705. The van der Waals surface area contributed by atoms with Gasteiger partial charge in [0.1, 0.15) is 0 Å². The van der Waals surface area contributed by atoms with E-state index in [-0.39, 0.29) is 0 Å². The number of thioether (sulfide) groups is 1. The van der Waals surface area contributed by atoms with Crippen LogP contribution in [-0.2, 0) is 0 Å². The van der Waals surface area contributed by atoms with Gasteiger partial charge in [0.25, 0.3) is 0 Å². The molecule has 0 aromatic carbocycles. The minimum atomic E-state index is 0.428. The summed E-state index contributed by atoms with van der Waals surface area (Å²) in [6, 6.07) is 0. The van der Waals surface area contributed by atoms with Gasteiger partial charge in [0.2, 0.25) is 0 Å². The van der Waals surface area contributed by atoms with Crippen LogP contribution in [0.1, 0.15) is 39.0 Å². The van der Waals surface area contributed by atoms with Crippen molar-refractivity contribution in [1.29, 1.82) is 0 Å². The van der Waals surface area contributed by atoms with Crippen LogP contribution in [0, 0.1) is 5.92 Å². The average molecular weight is 256 g/mol. The van der Waals surface area contributed by atoms with Crippen molar-refractivity contribution in [3.8, 4) is 0 Å². The topological polar surface area (TPSA) is 15.3 Å². The van der Waals surface area contributed by atoms with Gasteiger partial charge < -0.3 is 10.2 Å². The summed E-state index contributed by atoms with van der Waals surface area (Å²) >= 11 is 1.98. The Morgan fingerprint density at radius 3 is 2.82 bits per heavy atom. The summed E-state index contributed by atoms with van der Waals surface area (Å²) in [6.07, 6.45) is 9.30. The summed E-state index contributed by atoms with van der Waals surface area (Å²) in [5.41, 5.74) is 0.428. The molecule has 2 nitrogen and oxygen atoms in total. The number of hydrogen-bond donors (Lipinski definition) is 1. The van der Waals surface area contributed by atoms with Gasteiger partial charge in [-0.15, -0.1) is 0 Å². The van der Waals surface area contributed by atoms with Crippen molar-refractivity contribution in [2.24, 2.45) is 5.92 Å². The predicted octanol–water partition coefficient (Wildman–Crippen LogP) is 2.59. The standard InChI is InChI=1S/C14H28N2S/c1-14(13-6-7-13)12-16(10-8-15-14)9-4-3-5-11-17-2/h13,15H,3-12H2,1-2H3. The number of rotatable bonds is 7. The van der Waals surface area contributed by atoms with Crippen LogP contribution < -0.4 is 5.32 Å². The van der Waals surface area contributed by atoms with E-state index in [1.54, 1.807) is 0 Å². The molecule has 2 fully saturated rings. The molecule has 2 aliphatic rings. The molecule has 0 spiro atoms. The van der Waals surface area contributed by atoms with Gasteiger partial charge in [-0.2, -0.15) is 11.8 Å². The van der Waals surface area contributed by atoms with Crippen molar-refractivity contribution in [2.45, 2.75) is 44.6 Å². The Labute approximate surface area is 111 Å². The highest BCUT2D eigenvalue weighted by molar-refractivity contribution is 7.98. The van der Waals surface area contributed by atoms with Crippen molar-refractivity contribution >= 4 is 11.8 Å². The minimum absolute atomic E-state index is 0.428. The van der Waals surface area contributed by atoms with Crippen molar-refractivity contribution in [1.82, 2.24) is 10.2 Å². The van der Waals surface area contributed by atoms with Gasteiger partial charge in [0.05, 0.1) is 0 Å². The molecule has 1 saturated heterocycles. The van der Waals surface area contributed by atoms with Gasteiger partial charge >= 0.3 is 0 Å². The molecule has 1 heterocycles. The van der Waals surface area contributed by atoms with Crippen molar-refractivity contribution in [2.75, 3.05) is 38.2 Å². The second-order valence-corrected chi connectivity index (χ2v) is 6.93. The maximum atomic E-state index is 3.75. The summed E-state index contributed by atoms with van der Waals surface area (Å²) in [5, 5.41) is 3.75. The van der Waals surface area contributed by atoms with Crippen LogP contribution in [-0.4, -0.2) is 48.6 Å². The lowest BCUT2D eigenvalue weighted by molar-refractivity contribution is 0.125. The zero-order valence-electron chi connectivity index (χ0n) is 11.5. The summed E-state index contributed by atoms with van der Waals surface area (Å²) < 4.78 is 0. The molecule has 1 saturated carbocycles. The molecule has 3 heteroatoms. The molecule has 100 valence electrons. The Morgan fingerprint density at radius 2 is 2.12 bits per heavy atom. The minimum Gasteiger partial charge on any atom is -0.309 e. The monoisotopic (exact) mass is 256 g/mol. The molecule has 1 unspecified atom stereocenters. The molecule has 17 heavy (non-hydrogen) atoms. The zero-order valence-corrected chi connectivity index (χ0v) is 12.3. The molecule has 0 aromatic rings. The molecular formula is C14H28N2S. The van der Waals surface area contributed by atoms with Gasteiger partial charge in [-0.1, -0.05) is 6.42 Å². The number of hydrogen-bond acceptors (Lipinski definition) is 3. The first kappa shape index (κ1) is 13.7. The third kappa shape index (κ3) is 4.15. The fourth-order valence-electron chi connectivity index (χ4n) is 3.04. The molecule has 2 rings (SSSR count). The van der Waals surface area contributed by atoms with E-state index in [4.69, 9.17) is 0 Å². The summed E-state index contributed by atoms with van der Waals surface area (Å²) in [6.45, 7) is 7.48. The fraction of sp³-hybridized carbons (Fsp3) is 1.00. The molecular weight excluding hydrogens is 228 g/mol. The second-order valence-electron chi connectivity index (χ2n) is 5.95. The highest BCUT2D eigenvalue weighted by Crippen LogP contribution is 2.40. The van der Waals surface area contributed by atoms with E-state index in [1.807, 2.05) is 11.8 Å². The van der Waals surface area contributed by atoms with E-state index in [0.29, 0.717) is 5.54 Å². The normalized spacial score (nSPS) is 30.7. The number of unbranched alkanes of at least 4 members (excludes halogenated alkanes) is 2. The maximum Gasteiger partial charge on any atom is 0.0309 e. The highest BCUT2D eigenvalue weighted by atomic mass is 32.2. The summed E-state index contributed by atoms with van der Waals surface area (Å²) in [5.74, 6) is 2.29. The third-order valence-corrected chi connectivity index (χ3v) is 5.01. The lowest BCUT2D eigenvalue weighted by Crippen LogP contribution is -2.60. The van der Waals surface area contributed by atoms with Crippen LogP contribution in [0.5, 0.6) is 0 Å². The van der Waals surface area contributed by atoms with Crippen molar-refractivity contribution in [3.05, 3.63) is 0 Å². The summed E-state index contributed by atoms with van der Waals surface area (Å²) in [7, 11) is 0. The number of nitrogens with zero attached hydrogens (tertiary/aromatic N) is 1. The van der Waals surface area contributed by atoms with Gasteiger partial charge in [0, 0.05) is 25.2 Å². The van der Waals surface area contributed by atoms with Crippen molar-refractivity contribution < 1.29 is 0 Å². The van der Waals surface area contributed by atoms with Crippen LogP contribution in [0.25, 0.3) is 0 Å². The highest BCUT2D eigenvalue weighted by Gasteiger charge is 2.43. The molecule has 1 aliphatic heterocycles. The molecule has 1 atom stereocenters. The molecule has 0 radical (unpaired) electrons. The number of piperazine rings is 1. The lowest BCUT2D eigenvalue weighted by Gasteiger charge is -2.42. The van der Waals surface area contributed by atoms with E-state index in [9.17, 15) is 0 Å². The smallest absolute Gasteiger partial charge is 0.0309 e. The first-order valence-corrected chi connectivity index (χ1v) is 8.60. The van der Waals surface area contributed by atoms with Gasteiger partial charge in [-0.25, -0.2) is 0 Å². The Bertz CT molecular complexity index is 230. The largest absolute Gasteiger partial charge is 0.309 e. The van der Waals surface area contributed by atoms with Crippen LogP contribution in [0.4, 0.5) is 0 Å². The number of nitrogens with one attached hydrogen (secondary N) is 1. The maximum absolute atomic E-state index is 3.75. The van der Waals surface area contributed by atoms with Crippen molar-refractivity contribution in [3.63, 3.8) is 0 Å². The Balaban J connectivity index is 1.63. The summed E-state index contributed by atoms with van der Waals surface area (Å²) in [4.78, 5) is 2.69. The second kappa shape index (κ2) is 6.44. The first-order chi connectivity index (χ1) is 8.24. The van der Waals surface area contributed by atoms with E-state index < -0.39 is 0 Å². The zero-order chi connectivity index (χ0) is 12.1. The average Bonchev–Trinajstić information content (AvgIpc) is 3.13. The third-order valence-electron chi connectivity index (χ3n) is 4.31. The SMILES string of the molecule is CSCCCCCN1CCNC(C)(C2CC2)C1. The lowest BCUT2D eigenvalue weighted by atomic mass is 9.93. The molecule has 0 bridgehead atoms. The first-order valence-electron chi connectivity index (χ1n) is 7.21. The Kier molecular flexibility index (Phi) is 5.19. The van der Waals surface area contributed by atoms with Gasteiger partial charge in [-0.3, -0.25) is 0 Å². The van der Waals surface area contributed by atoms with Crippen LogP contribution in [0.2, 0.25) is 0 Å². The molecule has 0 aromatic heterocycles. The van der Waals surface area contributed by atoms with E-state index in [1.165, 1.54) is 64.0 Å². The predicted molar refractivity (Wildman–Crippen MR) is 77.8 cm³/mol. The van der Waals surface area contributed by atoms with Crippen LogP contribution in [0.3, 0.4) is 0 Å². The Hall–Kier alpha value is 0.270. The fourth-order valence-corrected chi connectivity index (χ4v) is 3.54. The Morgan fingerprint density at radius 1 is 1.29 bits per heavy atom. The van der Waals surface area contributed by atoms with E-state index >= 15 is 0 Å². The van der Waals surface area contributed by atoms with Gasteiger partial charge in [0.15, 0.2) is 0 Å². The van der Waals surface area contributed by atoms with E-state index in [2.05, 4.69) is 23.4 Å². The van der Waals surface area contributed by atoms with Crippen LogP contribution >= 0.6 is 11.8 Å². The molecule has 1 N–H and O–H groups in total. The molecule has 1 aliphatic carbocycles.